The van der Waals surface area contributed by atoms with Gasteiger partial charge < -0.3 is 5.32 Å². The van der Waals surface area contributed by atoms with Crippen LogP contribution in [0.5, 0.6) is 0 Å². The Kier molecular flexibility index (Phi) is 3.13. The van der Waals surface area contributed by atoms with Crippen LogP contribution in [0.2, 0.25) is 0 Å². The monoisotopic (exact) mass is 275 g/mol. The van der Waals surface area contributed by atoms with E-state index in [9.17, 15) is 4.39 Å². The van der Waals surface area contributed by atoms with Crippen molar-refractivity contribution in [3.63, 3.8) is 0 Å². The lowest BCUT2D eigenvalue weighted by Crippen LogP contribution is -1.86. The molecule has 0 aliphatic heterocycles. The molecule has 4 heteroatoms. The minimum atomic E-state index is -0.217. The lowest BCUT2D eigenvalue weighted by Gasteiger charge is -2.02. The summed E-state index contributed by atoms with van der Waals surface area (Å²) in [6.45, 7) is 0. The summed E-state index contributed by atoms with van der Waals surface area (Å²) in [5.41, 5.74) is 0.899. The van der Waals surface area contributed by atoms with Crippen molar-refractivity contribution in [1.29, 1.82) is 0 Å². The van der Waals surface area contributed by atoms with E-state index in [4.69, 9.17) is 0 Å². The maximum absolute atomic E-state index is 12.8. The molecule has 0 fully saturated rings. The van der Waals surface area contributed by atoms with Crippen molar-refractivity contribution in [3.05, 3.63) is 59.7 Å². The summed E-state index contributed by atoms with van der Waals surface area (Å²) in [4.78, 5) is 2.52. The Bertz CT molecular complexity index is 626. The number of hydrogen-bond donors (Lipinski definition) is 1. The van der Waals surface area contributed by atoms with Gasteiger partial charge in [-0.25, -0.2) is 4.39 Å². The Labute approximate surface area is 113 Å². The molecule has 0 amide bonds. The van der Waals surface area contributed by atoms with Crippen LogP contribution in [0.4, 0.5) is 15.1 Å². The van der Waals surface area contributed by atoms with E-state index >= 15 is 0 Å². The fourth-order valence-corrected chi connectivity index (χ4v) is 3.39. The first kappa shape index (κ1) is 11.4. The van der Waals surface area contributed by atoms with E-state index < -0.39 is 0 Å². The molecule has 2 heterocycles. The van der Waals surface area contributed by atoms with E-state index in [1.165, 1.54) is 21.9 Å². The second-order valence-corrected chi connectivity index (χ2v) is 5.80. The molecule has 0 saturated heterocycles. The molecule has 1 nitrogen and oxygen atoms in total. The average molecular weight is 275 g/mol. The molecule has 3 rings (SSSR count). The summed E-state index contributed by atoms with van der Waals surface area (Å²) >= 11 is 3.43. The van der Waals surface area contributed by atoms with Crippen molar-refractivity contribution in [3.8, 4) is 9.75 Å². The predicted octanol–water partition coefficient (Wildman–Crippen LogP) is 5.36. The lowest BCUT2D eigenvalue weighted by molar-refractivity contribution is 0.628. The van der Waals surface area contributed by atoms with E-state index in [1.54, 1.807) is 34.8 Å². The molecule has 90 valence electrons. The van der Waals surface area contributed by atoms with Gasteiger partial charge in [-0.2, -0.15) is 0 Å². The first-order valence-electron chi connectivity index (χ1n) is 5.47. The van der Waals surface area contributed by atoms with Gasteiger partial charge in [-0.15, -0.1) is 22.7 Å². The third-order valence-corrected chi connectivity index (χ3v) is 4.55. The first-order chi connectivity index (χ1) is 8.81. The predicted molar refractivity (Wildman–Crippen MR) is 77.3 cm³/mol. The summed E-state index contributed by atoms with van der Waals surface area (Å²) in [5, 5.41) is 6.40. The van der Waals surface area contributed by atoms with Crippen LogP contribution < -0.4 is 5.32 Å². The quantitative estimate of drug-likeness (QED) is 0.678. The van der Waals surface area contributed by atoms with Crippen LogP contribution in [0, 0.1) is 5.82 Å². The van der Waals surface area contributed by atoms with Gasteiger partial charge in [0, 0.05) is 15.4 Å². The normalized spacial score (nSPS) is 10.5. The maximum Gasteiger partial charge on any atom is 0.123 e. The largest absolute Gasteiger partial charge is 0.347 e. The highest BCUT2D eigenvalue weighted by Crippen LogP contribution is 2.35. The molecule has 0 bridgehead atoms. The second-order valence-electron chi connectivity index (χ2n) is 3.77. The molecule has 0 aliphatic carbocycles. The molecule has 0 aliphatic rings. The molecule has 0 unspecified atom stereocenters. The van der Waals surface area contributed by atoms with E-state index in [1.807, 2.05) is 12.1 Å². The van der Waals surface area contributed by atoms with E-state index in [0.29, 0.717) is 0 Å². The number of rotatable bonds is 3. The summed E-state index contributed by atoms with van der Waals surface area (Å²) in [6, 6.07) is 14.7. The first-order valence-corrected chi connectivity index (χ1v) is 7.17. The fourth-order valence-electron chi connectivity index (χ4n) is 1.63. The smallest absolute Gasteiger partial charge is 0.123 e. The van der Waals surface area contributed by atoms with E-state index in [2.05, 4.69) is 22.8 Å². The van der Waals surface area contributed by atoms with Crippen LogP contribution in [-0.4, -0.2) is 0 Å². The van der Waals surface area contributed by atoms with Gasteiger partial charge in [0.1, 0.15) is 5.82 Å². The molecule has 1 N–H and O–H groups in total. The van der Waals surface area contributed by atoms with Gasteiger partial charge in [-0.05, 0) is 47.8 Å². The zero-order valence-corrected chi connectivity index (χ0v) is 11.0. The van der Waals surface area contributed by atoms with Crippen molar-refractivity contribution in [2.45, 2.75) is 0 Å². The molecule has 0 radical (unpaired) electrons. The van der Waals surface area contributed by atoms with Crippen LogP contribution in [-0.2, 0) is 0 Å². The molecule has 3 aromatic rings. The number of nitrogens with one attached hydrogen (secondary N) is 1. The summed E-state index contributed by atoms with van der Waals surface area (Å²) < 4.78 is 12.8. The Morgan fingerprint density at radius 3 is 2.44 bits per heavy atom. The summed E-state index contributed by atoms with van der Waals surface area (Å²) in [7, 11) is 0. The molecule has 2 aromatic heterocycles. The highest BCUT2D eigenvalue weighted by Gasteiger charge is 2.03. The van der Waals surface area contributed by atoms with Gasteiger partial charge in [-0.1, -0.05) is 6.07 Å². The van der Waals surface area contributed by atoms with Crippen LogP contribution in [0.15, 0.2) is 53.9 Å². The van der Waals surface area contributed by atoms with Gasteiger partial charge in [0.05, 0.1) is 5.00 Å². The Morgan fingerprint density at radius 2 is 1.72 bits per heavy atom. The zero-order chi connectivity index (χ0) is 12.4. The maximum atomic E-state index is 12.8. The van der Waals surface area contributed by atoms with Gasteiger partial charge >= 0.3 is 0 Å². The van der Waals surface area contributed by atoms with Crippen LogP contribution in [0.25, 0.3) is 9.75 Å². The Hall–Kier alpha value is -1.65. The van der Waals surface area contributed by atoms with E-state index in [0.717, 1.165) is 10.7 Å². The van der Waals surface area contributed by atoms with Crippen molar-refractivity contribution in [1.82, 2.24) is 0 Å². The number of benzene rings is 1. The SMILES string of the molecule is Fc1ccc(Nc2ccc(-c3cccs3)s2)cc1. The van der Waals surface area contributed by atoms with Crippen molar-refractivity contribution < 1.29 is 4.39 Å². The zero-order valence-electron chi connectivity index (χ0n) is 9.39. The summed E-state index contributed by atoms with van der Waals surface area (Å²) in [5.74, 6) is -0.217. The molecular weight excluding hydrogens is 265 g/mol. The van der Waals surface area contributed by atoms with Crippen molar-refractivity contribution in [2.75, 3.05) is 5.32 Å². The minimum absolute atomic E-state index is 0.217. The number of hydrogen-bond acceptors (Lipinski definition) is 3. The number of anilines is 2. The molecular formula is C14H10FNS2. The van der Waals surface area contributed by atoms with Gasteiger partial charge in [0.25, 0.3) is 0 Å². The third kappa shape index (κ3) is 2.44. The number of thiophene rings is 2. The van der Waals surface area contributed by atoms with Crippen LogP contribution in [0.1, 0.15) is 0 Å². The fraction of sp³-hybridized carbons (Fsp3) is 0. The topological polar surface area (TPSA) is 12.0 Å². The molecule has 0 saturated carbocycles. The van der Waals surface area contributed by atoms with Crippen LogP contribution >= 0.6 is 22.7 Å². The summed E-state index contributed by atoms with van der Waals surface area (Å²) in [6.07, 6.45) is 0. The Morgan fingerprint density at radius 1 is 0.889 bits per heavy atom. The van der Waals surface area contributed by atoms with Crippen molar-refractivity contribution in [2.24, 2.45) is 0 Å². The Balaban J connectivity index is 1.80. The minimum Gasteiger partial charge on any atom is -0.347 e. The standard InChI is InChI=1S/C14H10FNS2/c15-10-3-5-11(6-4-10)16-14-8-7-13(18-14)12-2-1-9-17-12/h1-9,16H. The lowest BCUT2D eigenvalue weighted by atomic mass is 10.3. The van der Waals surface area contributed by atoms with E-state index in [-0.39, 0.29) is 5.82 Å². The molecule has 1 aromatic carbocycles. The average Bonchev–Trinajstić information content (AvgIpc) is 3.02. The highest BCUT2D eigenvalue weighted by atomic mass is 32.1. The van der Waals surface area contributed by atoms with Gasteiger partial charge in [-0.3, -0.25) is 0 Å². The van der Waals surface area contributed by atoms with Crippen LogP contribution in [0.3, 0.4) is 0 Å². The number of halogens is 1. The molecule has 0 spiro atoms. The highest BCUT2D eigenvalue weighted by molar-refractivity contribution is 7.23. The van der Waals surface area contributed by atoms with Gasteiger partial charge in [0.2, 0.25) is 0 Å². The third-order valence-electron chi connectivity index (χ3n) is 2.48. The molecule has 0 atom stereocenters. The second kappa shape index (κ2) is 4.92. The van der Waals surface area contributed by atoms with Gasteiger partial charge in [0.15, 0.2) is 0 Å². The molecule has 18 heavy (non-hydrogen) atoms. The van der Waals surface area contributed by atoms with Crippen molar-refractivity contribution >= 4 is 33.4 Å².